The lowest BCUT2D eigenvalue weighted by atomic mass is 9.98. The average Bonchev–Trinajstić information content (AvgIpc) is 2.82. The number of hydroxylamine groups is 1. The van der Waals surface area contributed by atoms with Crippen molar-refractivity contribution in [2.45, 2.75) is 46.5 Å². The monoisotopic (exact) mass is 438 g/mol. The molecule has 1 heterocycles. The van der Waals surface area contributed by atoms with Gasteiger partial charge in [-0.1, -0.05) is 33.3 Å². The summed E-state index contributed by atoms with van der Waals surface area (Å²) in [6.45, 7) is 6.11. The van der Waals surface area contributed by atoms with Crippen LogP contribution in [-0.4, -0.2) is 23.0 Å². The molecule has 0 atom stereocenters. The highest BCUT2D eigenvalue weighted by Crippen LogP contribution is 2.16. The van der Waals surface area contributed by atoms with Gasteiger partial charge in [0.05, 0.1) is 7.11 Å². The number of anilines is 2. The lowest BCUT2D eigenvalue weighted by Crippen LogP contribution is -2.22. The lowest BCUT2D eigenvalue weighted by Gasteiger charge is -2.10. The number of halogens is 1. The highest BCUT2D eigenvalue weighted by Gasteiger charge is 2.09. The highest BCUT2D eigenvalue weighted by atomic mass is 19.1. The molecule has 3 rings (SSSR count). The third kappa shape index (κ3) is 7.74. The van der Waals surface area contributed by atoms with Crippen molar-refractivity contribution in [3.8, 4) is 0 Å². The Balaban J connectivity index is 0.00000176. The van der Waals surface area contributed by atoms with Crippen molar-refractivity contribution < 1.29 is 14.0 Å². The standard InChI is InChI=1S/C23H25FN4O2.C2H6/c1-3-4-16-11-17(13-19(12-16)22(29)28-30-2)5-6-18-14-25-23(26-15-18)27-21-9-7-20(24)8-10-21;1-2/h7-15H,3-6H2,1-2H3,(H,28,29)(H,25,26,27);1-2H3. The van der Waals surface area contributed by atoms with Crippen LogP contribution in [0.25, 0.3) is 0 Å². The first kappa shape index (κ1) is 24.9. The lowest BCUT2D eigenvalue weighted by molar-refractivity contribution is 0.0537. The highest BCUT2D eigenvalue weighted by molar-refractivity contribution is 5.93. The molecule has 2 N–H and O–H groups in total. The fourth-order valence-corrected chi connectivity index (χ4v) is 3.12. The van der Waals surface area contributed by atoms with Gasteiger partial charge in [-0.05, 0) is 72.4 Å². The number of benzene rings is 2. The second-order valence-electron chi connectivity index (χ2n) is 6.97. The summed E-state index contributed by atoms with van der Waals surface area (Å²) in [6.07, 6.45) is 6.97. The van der Waals surface area contributed by atoms with Gasteiger partial charge in [0.1, 0.15) is 5.82 Å². The molecule has 0 radical (unpaired) electrons. The van der Waals surface area contributed by atoms with Gasteiger partial charge < -0.3 is 5.32 Å². The van der Waals surface area contributed by atoms with Crippen molar-refractivity contribution in [3.05, 3.63) is 82.9 Å². The molecular weight excluding hydrogens is 407 g/mol. The van der Waals surface area contributed by atoms with E-state index >= 15 is 0 Å². The molecule has 7 heteroatoms. The molecule has 0 saturated carbocycles. The van der Waals surface area contributed by atoms with Gasteiger partial charge in [-0.3, -0.25) is 9.63 Å². The number of hydrogen-bond donors (Lipinski definition) is 2. The first-order chi connectivity index (χ1) is 15.6. The molecular formula is C25H31FN4O2. The average molecular weight is 439 g/mol. The fraction of sp³-hybridized carbons (Fsp3) is 0.320. The van der Waals surface area contributed by atoms with E-state index in [1.165, 1.54) is 19.2 Å². The zero-order chi connectivity index (χ0) is 23.3. The number of carbonyl (C=O) groups is 1. The van der Waals surface area contributed by atoms with Crippen molar-refractivity contribution in [1.82, 2.24) is 15.4 Å². The molecule has 3 aromatic rings. The van der Waals surface area contributed by atoms with E-state index in [4.69, 9.17) is 4.84 Å². The van der Waals surface area contributed by atoms with E-state index in [0.717, 1.165) is 48.1 Å². The Labute approximate surface area is 189 Å². The summed E-state index contributed by atoms with van der Waals surface area (Å²) in [5.41, 5.74) is 6.89. The molecule has 1 aromatic heterocycles. The SMILES string of the molecule is CC.CCCc1cc(CCc2cnc(Nc3ccc(F)cc3)nc2)cc(C(=O)NOC)c1. The van der Waals surface area contributed by atoms with Crippen molar-refractivity contribution in [1.29, 1.82) is 0 Å². The van der Waals surface area contributed by atoms with Gasteiger partial charge in [0.2, 0.25) is 5.95 Å². The summed E-state index contributed by atoms with van der Waals surface area (Å²) in [4.78, 5) is 25.6. The summed E-state index contributed by atoms with van der Waals surface area (Å²) >= 11 is 0. The number of amides is 1. The molecule has 32 heavy (non-hydrogen) atoms. The van der Waals surface area contributed by atoms with Crippen LogP contribution in [0.2, 0.25) is 0 Å². The summed E-state index contributed by atoms with van der Waals surface area (Å²) in [7, 11) is 1.42. The topological polar surface area (TPSA) is 76.1 Å². The normalized spacial score (nSPS) is 10.2. The molecule has 1 amide bonds. The molecule has 2 aromatic carbocycles. The first-order valence-electron chi connectivity index (χ1n) is 10.9. The van der Waals surface area contributed by atoms with Crippen LogP contribution in [0.3, 0.4) is 0 Å². The minimum atomic E-state index is -0.289. The van der Waals surface area contributed by atoms with E-state index in [2.05, 4.69) is 33.8 Å². The van der Waals surface area contributed by atoms with Crippen molar-refractivity contribution >= 4 is 17.5 Å². The zero-order valence-corrected chi connectivity index (χ0v) is 19.1. The van der Waals surface area contributed by atoms with Gasteiger partial charge in [0, 0.05) is 23.6 Å². The molecule has 0 spiro atoms. The third-order valence-corrected chi connectivity index (χ3v) is 4.56. The number of carbonyl (C=O) groups excluding carboxylic acids is 1. The van der Waals surface area contributed by atoms with Crippen molar-refractivity contribution in [2.75, 3.05) is 12.4 Å². The molecule has 0 unspecified atom stereocenters. The maximum atomic E-state index is 13.0. The number of nitrogens with zero attached hydrogens (tertiary/aromatic N) is 2. The maximum Gasteiger partial charge on any atom is 0.274 e. The maximum absolute atomic E-state index is 13.0. The van der Waals surface area contributed by atoms with Crippen LogP contribution in [0.1, 0.15) is 54.2 Å². The van der Waals surface area contributed by atoms with E-state index in [-0.39, 0.29) is 11.7 Å². The van der Waals surface area contributed by atoms with E-state index in [1.54, 1.807) is 24.5 Å². The minimum absolute atomic E-state index is 0.253. The predicted octanol–water partition coefficient (Wildman–Crippen LogP) is 5.41. The van der Waals surface area contributed by atoms with Crippen LogP contribution in [0.5, 0.6) is 0 Å². The van der Waals surface area contributed by atoms with Gasteiger partial charge in [0.15, 0.2) is 0 Å². The summed E-state index contributed by atoms with van der Waals surface area (Å²) in [5, 5.41) is 3.04. The summed E-state index contributed by atoms with van der Waals surface area (Å²) in [6, 6.07) is 12.0. The molecule has 0 aliphatic carbocycles. The van der Waals surface area contributed by atoms with E-state index in [0.29, 0.717) is 11.5 Å². The number of aryl methyl sites for hydroxylation is 3. The molecule has 6 nitrogen and oxygen atoms in total. The van der Waals surface area contributed by atoms with Gasteiger partial charge in [-0.25, -0.2) is 19.8 Å². The van der Waals surface area contributed by atoms with Gasteiger partial charge >= 0.3 is 0 Å². The molecule has 0 saturated heterocycles. The largest absolute Gasteiger partial charge is 0.324 e. The number of aromatic nitrogens is 2. The smallest absolute Gasteiger partial charge is 0.274 e. The third-order valence-electron chi connectivity index (χ3n) is 4.56. The van der Waals surface area contributed by atoms with E-state index in [9.17, 15) is 9.18 Å². The van der Waals surface area contributed by atoms with Gasteiger partial charge in [0.25, 0.3) is 5.91 Å². The van der Waals surface area contributed by atoms with Crippen molar-refractivity contribution in [2.24, 2.45) is 0 Å². The Morgan fingerprint density at radius 1 is 0.938 bits per heavy atom. The second kappa shape index (κ2) is 13.2. The molecule has 0 bridgehead atoms. The van der Waals surface area contributed by atoms with Crippen LogP contribution in [0.4, 0.5) is 16.0 Å². The second-order valence-corrected chi connectivity index (χ2v) is 6.97. The predicted molar refractivity (Wildman–Crippen MR) is 125 cm³/mol. The quantitative estimate of drug-likeness (QED) is 0.437. The Morgan fingerprint density at radius 2 is 1.53 bits per heavy atom. The first-order valence-corrected chi connectivity index (χ1v) is 10.9. The van der Waals surface area contributed by atoms with E-state index < -0.39 is 0 Å². The van der Waals surface area contributed by atoms with Gasteiger partial charge in [-0.2, -0.15) is 0 Å². The Hall–Kier alpha value is -3.32. The summed E-state index contributed by atoms with van der Waals surface area (Å²) < 4.78 is 13.0. The molecule has 0 aliphatic rings. The number of nitrogens with one attached hydrogen (secondary N) is 2. The fourth-order valence-electron chi connectivity index (χ4n) is 3.12. The Morgan fingerprint density at radius 3 is 2.12 bits per heavy atom. The Kier molecular flexibility index (Phi) is 10.3. The van der Waals surface area contributed by atoms with Crippen LogP contribution in [0, 0.1) is 5.82 Å². The van der Waals surface area contributed by atoms with Crippen LogP contribution in [-0.2, 0) is 24.1 Å². The van der Waals surface area contributed by atoms with Crippen LogP contribution in [0.15, 0.2) is 54.9 Å². The van der Waals surface area contributed by atoms with E-state index in [1.807, 2.05) is 26.0 Å². The summed E-state index contributed by atoms with van der Waals surface area (Å²) in [5.74, 6) is -0.0900. The zero-order valence-electron chi connectivity index (χ0n) is 19.1. The minimum Gasteiger partial charge on any atom is -0.324 e. The van der Waals surface area contributed by atoms with Gasteiger partial charge in [-0.15, -0.1) is 0 Å². The van der Waals surface area contributed by atoms with Crippen LogP contribution < -0.4 is 10.8 Å². The molecule has 170 valence electrons. The molecule has 0 aliphatic heterocycles. The Bertz CT molecular complexity index is 976. The van der Waals surface area contributed by atoms with Crippen molar-refractivity contribution in [3.63, 3.8) is 0 Å². The number of hydrogen-bond acceptors (Lipinski definition) is 5. The number of rotatable bonds is 9. The van der Waals surface area contributed by atoms with Crippen LogP contribution >= 0.6 is 0 Å². The molecule has 0 fully saturated rings.